The molecule has 0 aliphatic carbocycles. The molecular weight excluding hydrogens is 875 g/mol. The van der Waals surface area contributed by atoms with Crippen LogP contribution in [0.3, 0.4) is 0 Å². The number of imide groups is 1. The summed E-state index contributed by atoms with van der Waals surface area (Å²) in [6, 6.07) is 6.04. The SMILES string of the molecule is COc1cc(OC)c(Cl)c(N(C(=O)OC(C)(C)C)C(=O)N(C)c2cc(N(C(=O)OC(C)(C)C)c3ccc(N4CCC5(CCN(C(=O)OC(C)(C)C)CC5)C4)cc3[N+](=O)[O-])ncn2)c1Cl. The topological polar surface area (TPSA) is 200 Å². The van der Waals surface area contributed by atoms with Crippen LogP contribution in [-0.2, 0) is 14.2 Å². The number of anilines is 5. The minimum atomic E-state index is -1.17. The highest BCUT2D eigenvalue weighted by molar-refractivity contribution is 6.43. The van der Waals surface area contributed by atoms with E-state index in [1.165, 1.54) is 45.5 Å². The van der Waals surface area contributed by atoms with Gasteiger partial charge in [0.1, 0.15) is 67.7 Å². The molecule has 0 N–H and O–H groups in total. The fraction of sp³-hybridized carbons (Fsp3) is 0.535. The zero-order chi connectivity index (χ0) is 47.7. The van der Waals surface area contributed by atoms with Crippen molar-refractivity contribution in [2.75, 3.05) is 67.0 Å². The number of aromatic nitrogens is 2. The number of halogens is 2. The fourth-order valence-electron chi connectivity index (χ4n) is 7.25. The number of carbonyl (C=O) groups is 4. The predicted molar refractivity (Wildman–Crippen MR) is 242 cm³/mol. The number of nitro benzene ring substituents is 1. The Labute approximate surface area is 382 Å². The van der Waals surface area contributed by atoms with Crippen LogP contribution in [0.1, 0.15) is 81.6 Å². The summed E-state index contributed by atoms with van der Waals surface area (Å²) in [5.41, 5.74) is -3.23. The molecular formula is C43H56Cl2N8O11. The third-order valence-electron chi connectivity index (χ3n) is 10.3. The van der Waals surface area contributed by atoms with Gasteiger partial charge in [0.2, 0.25) is 0 Å². The summed E-state index contributed by atoms with van der Waals surface area (Å²) in [6.07, 6.45) is 0.807. The van der Waals surface area contributed by atoms with Crippen LogP contribution in [0.5, 0.6) is 11.5 Å². The van der Waals surface area contributed by atoms with E-state index >= 15 is 0 Å². The van der Waals surface area contributed by atoms with Gasteiger partial charge in [0.05, 0.1) is 19.1 Å². The molecule has 2 saturated heterocycles. The molecule has 5 amide bonds. The smallest absolute Gasteiger partial charge is 0.423 e. The first-order valence-corrected chi connectivity index (χ1v) is 21.2. The van der Waals surface area contributed by atoms with Crippen LogP contribution in [0.25, 0.3) is 0 Å². The second kappa shape index (κ2) is 18.7. The summed E-state index contributed by atoms with van der Waals surface area (Å²) in [5, 5.41) is 12.5. The van der Waals surface area contributed by atoms with Crippen molar-refractivity contribution in [3.8, 4) is 11.5 Å². The predicted octanol–water partition coefficient (Wildman–Crippen LogP) is 10.0. The molecule has 21 heteroatoms. The second-order valence-electron chi connectivity index (χ2n) is 18.5. The van der Waals surface area contributed by atoms with E-state index in [9.17, 15) is 29.3 Å². The number of benzene rings is 2. The van der Waals surface area contributed by atoms with Crippen molar-refractivity contribution in [1.82, 2.24) is 14.9 Å². The number of piperidine rings is 1. The molecule has 5 rings (SSSR count). The van der Waals surface area contributed by atoms with Gasteiger partial charge >= 0.3 is 24.3 Å². The molecule has 2 aliphatic heterocycles. The van der Waals surface area contributed by atoms with Gasteiger partial charge in [0.15, 0.2) is 0 Å². The maximum Gasteiger partial charge on any atom is 0.423 e. The Morgan fingerprint density at radius 3 is 1.83 bits per heavy atom. The first-order valence-electron chi connectivity index (χ1n) is 20.5. The number of hydrogen-bond donors (Lipinski definition) is 0. The third-order valence-corrected chi connectivity index (χ3v) is 11.0. The standard InChI is InChI=1S/C43H56Cl2N8O11/c1-40(2,3)62-37(55)49-18-15-43(16-19-49)17-20-50(24-43)26-13-14-27(28(21-26)53(58)59)51(38(56)63-41(4,5)6)32-23-31(46-25-47-32)48(10)36(54)52(39(57)64-42(7,8)9)35-33(44)29(60-11)22-30(61-12)34(35)45/h13-14,21-23,25H,15-20,24H2,1-12H3. The van der Waals surface area contributed by atoms with Crippen molar-refractivity contribution in [3.63, 3.8) is 0 Å². The van der Waals surface area contributed by atoms with Gasteiger partial charge in [-0.05, 0) is 99.1 Å². The lowest BCUT2D eigenvalue weighted by Gasteiger charge is -2.39. The Morgan fingerprint density at radius 2 is 1.30 bits per heavy atom. The Morgan fingerprint density at radius 1 is 0.766 bits per heavy atom. The van der Waals surface area contributed by atoms with Crippen molar-refractivity contribution < 1.29 is 47.8 Å². The Hall–Kier alpha value is -5.82. The van der Waals surface area contributed by atoms with E-state index in [4.69, 9.17) is 46.9 Å². The average Bonchev–Trinajstić information content (AvgIpc) is 3.60. The molecule has 0 saturated carbocycles. The van der Waals surface area contributed by atoms with Crippen molar-refractivity contribution in [2.24, 2.45) is 5.41 Å². The number of likely N-dealkylation sites (tertiary alicyclic amines) is 1. The van der Waals surface area contributed by atoms with E-state index in [0.29, 0.717) is 36.8 Å². The van der Waals surface area contributed by atoms with Crippen molar-refractivity contribution in [3.05, 3.63) is 56.8 Å². The Kier molecular flexibility index (Phi) is 14.4. The Bertz CT molecular complexity index is 2260. The van der Waals surface area contributed by atoms with Gasteiger partial charge in [-0.15, -0.1) is 0 Å². The van der Waals surface area contributed by atoms with Crippen LogP contribution in [0.15, 0.2) is 36.7 Å². The molecule has 0 unspecified atom stereocenters. The quantitative estimate of drug-likeness (QED) is 0.117. The molecule has 2 fully saturated rings. The van der Waals surface area contributed by atoms with Gasteiger partial charge in [-0.1, -0.05) is 23.2 Å². The molecule has 2 aromatic carbocycles. The van der Waals surface area contributed by atoms with Crippen LogP contribution in [0.4, 0.5) is 53.6 Å². The van der Waals surface area contributed by atoms with Crippen LogP contribution in [-0.4, -0.2) is 108 Å². The molecule has 0 radical (unpaired) electrons. The molecule has 0 atom stereocenters. The molecule has 64 heavy (non-hydrogen) atoms. The molecule has 3 heterocycles. The monoisotopic (exact) mass is 930 g/mol. The van der Waals surface area contributed by atoms with Crippen molar-refractivity contribution in [1.29, 1.82) is 0 Å². The number of nitrogens with zero attached hydrogens (tertiary/aromatic N) is 8. The van der Waals surface area contributed by atoms with Gasteiger partial charge in [0, 0.05) is 57.1 Å². The number of rotatable bonds is 8. The van der Waals surface area contributed by atoms with Gasteiger partial charge in [-0.2, -0.15) is 4.90 Å². The number of ether oxygens (including phenoxy) is 5. The summed E-state index contributed by atoms with van der Waals surface area (Å²) in [4.78, 5) is 82.3. The van der Waals surface area contributed by atoms with E-state index in [0.717, 1.165) is 35.4 Å². The minimum Gasteiger partial charge on any atom is -0.495 e. The number of nitro groups is 1. The third kappa shape index (κ3) is 11.3. The van der Waals surface area contributed by atoms with Crippen molar-refractivity contribution >= 4 is 81.9 Å². The normalized spacial score (nSPS) is 15.0. The van der Waals surface area contributed by atoms with Crippen LogP contribution >= 0.6 is 23.2 Å². The highest BCUT2D eigenvalue weighted by atomic mass is 35.5. The molecule has 348 valence electrons. The molecule has 3 aromatic rings. The summed E-state index contributed by atoms with van der Waals surface area (Å²) in [7, 11) is 3.93. The molecule has 2 aliphatic rings. The lowest BCUT2D eigenvalue weighted by atomic mass is 9.78. The van der Waals surface area contributed by atoms with E-state index < -0.39 is 45.6 Å². The first kappa shape index (κ1) is 49.2. The van der Waals surface area contributed by atoms with E-state index in [1.54, 1.807) is 52.5 Å². The maximum atomic E-state index is 14.5. The zero-order valence-corrected chi connectivity index (χ0v) is 39.8. The van der Waals surface area contributed by atoms with Crippen molar-refractivity contribution in [2.45, 2.75) is 98.4 Å². The average molecular weight is 932 g/mol. The fourth-order valence-corrected chi connectivity index (χ4v) is 7.92. The zero-order valence-electron chi connectivity index (χ0n) is 38.2. The molecule has 0 bridgehead atoms. The summed E-state index contributed by atoms with van der Waals surface area (Å²) in [5.74, 6) is -0.332. The molecule has 1 spiro atoms. The summed E-state index contributed by atoms with van der Waals surface area (Å²) >= 11 is 13.4. The number of hydrogen-bond acceptors (Lipinski definition) is 14. The largest absolute Gasteiger partial charge is 0.495 e. The second-order valence-corrected chi connectivity index (χ2v) is 19.3. The van der Waals surface area contributed by atoms with Crippen LogP contribution < -0.4 is 29.1 Å². The lowest BCUT2D eigenvalue weighted by molar-refractivity contribution is -0.384. The molecule has 1 aromatic heterocycles. The van der Waals surface area contributed by atoms with E-state index in [2.05, 4.69) is 14.9 Å². The highest BCUT2D eigenvalue weighted by Gasteiger charge is 2.43. The van der Waals surface area contributed by atoms with Crippen LogP contribution in [0.2, 0.25) is 10.0 Å². The number of urea groups is 1. The number of amides is 5. The summed E-state index contributed by atoms with van der Waals surface area (Å²) in [6.45, 7) is 17.5. The van der Waals surface area contributed by atoms with Gasteiger partial charge < -0.3 is 33.5 Å². The highest BCUT2D eigenvalue weighted by Crippen LogP contribution is 2.48. The van der Waals surface area contributed by atoms with E-state index in [-0.39, 0.29) is 56.1 Å². The van der Waals surface area contributed by atoms with Crippen LogP contribution in [0, 0.1) is 15.5 Å². The minimum absolute atomic E-state index is 0.0247. The number of methoxy groups -OCH3 is 2. The van der Waals surface area contributed by atoms with Gasteiger partial charge in [-0.3, -0.25) is 15.0 Å². The van der Waals surface area contributed by atoms with Gasteiger partial charge in [-0.25, -0.2) is 34.0 Å². The maximum absolute atomic E-state index is 14.5. The lowest BCUT2D eigenvalue weighted by Crippen LogP contribution is -2.48. The summed E-state index contributed by atoms with van der Waals surface area (Å²) < 4.78 is 27.7. The Balaban J connectivity index is 1.52. The number of carbonyl (C=O) groups excluding carboxylic acids is 4. The first-order chi connectivity index (χ1) is 29.7. The van der Waals surface area contributed by atoms with Gasteiger partial charge in [0.25, 0.3) is 5.69 Å². The van der Waals surface area contributed by atoms with E-state index in [1.807, 2.05) is 20.8 Å². The molecule has 19 nitrogen and oxygen atoms in total.